The second kappa shape index (κ2) is 4.60. The summed E-state index contributed by atoms with van der Waals surface area (Å²) in [6, 6.07) is 7.09. The standard InChI is InChI=1S/C9H13O4P/c1-8(2)12-14(10,11)13-9-6-4-3-5-7-9/h3-8H,1-2H3,(H,10,11)/i1D3,2D3,8D. The highest BCUT2D eigenvalue weighted by molar-refractivity contribution is 7.47. The van der Waals surface area contributed by atoms with Gasteiger partial charge in [0.15, 0.2) is 0 Å². The van der Waals surface area contributed by atoms with Crippen LogP contribution in [0.1, 0.15) is 23.3 Å². The Labute approximate surface area is 92.9 Å². The van der Waals surface area contributed by atoms with Crippen molar-refractivity contribution in [3.63, 3.8) is 0 Å². The fourth-order valence-electron chi connectivity index (χ4n) is 0.749. The first-order valence-corrected chi connectivity index (χ1v) is 5.06. The Hall–Kier alpha value is -0.830. The van der Waals surface area contributed by atoms with E-state index in [9.17, 15) is 9.46 Å². The highest BCUT2D eigenvalue weighted by Crippen LogP contribution is 2.44. The van der Waals surface area contributed by atoms with E-state index >= 15 is 0 Å². The van der Waals surface area contributed by atoms with Crippen LogP contribution in [0.4, 0.5) is 0 Å². The Morgan fingerprint density at radius 1 is 1.50 bits per heavy atom. The summed E-state index contributed by atoms with van der Waals surface area (Å²) in [6.07, 6.45) is -3.60. The van der Waals surface area contributed by atoms with E-state index in [4.69, 9.17) is 9.60 Å². The molecule has 0 radical (unpaired) electrons. The third-order valence-corrected chi connectivity index (χ3v) is 2.03. The van der Waals surface area contributed by atoms with Gasteiger partial charge in [0.05, 0.1) is 7.45 Å². The van der Waals surface area contributed by atoms with Gasteiger partial charge in [-0.3, -0.25) is 9.42 Å². The molecule has 0 amide bonds. The van der Waals surface area contributed by atoms with Crippen molar-refractivity contribution in [3.8, 4) is 5.75 Å². The van der Waals surface area contributed by atoms with Crippen molar-refractivity contribution >= 4 is 7.82 Å². The number of rotatable bonds is 4. The topological polar surface area (TPSA) is 55.8 Å². The average Bonchev–Trinajstić information content (AvgIpc) is 2.25. The van der Waals surface area contributed by atoms with Crippen molar-refractivity contribution < 1.29 is 28.1 Å². The van der Waals surface area contributed by atoms with Gasteiger partial charge in [-0.05, 0) is 25.8 Å². The lowest BCUT2D eigenvalue weighted by Crippen LogP contribution is -2.04. The van der Waals surface area contributed by atoms with Crippen LogP contribution in [-0.4, -0.2) is 11.0 Å². The lowest BCUT2D eigenvalue weighted by Gasteiger charge is -2.14. The molecule has 0 aliphatic heterocycles. The molecule has 0 saturated heterocycles. The number of para-hydroxylation sites is 1. The number of benzene rings is 1. The molecular formula is C9H13O4P. The third-order valence-electron chi connectivity index (χ3n) is 1.17. The second-order valence-corrected chi connectivity index (χ2v) is 3.60. The maximum atomic E-state index is 11.8. The molecule has 1 N–H and O–H groups in total. The van der Waals surface area contributed by atoms with Crippen molar-refractivity contribution in [3.05, 3.63) is 30.3 Å². The van der Waals surface area contributed by atoms with E-state index in [1.807, 2.05) is 0 Å². The molecule has 1 aromatic rings. The van der Waals surface area contributed by atoms with Gasteiger partial charge >= 0.3 is 7.82 Å². The first-order chi connectivity index (χ1) is 9.29. The molecular weight excluding hydrogens is 203 g/mol. The molecule has 1 unspecified atom stereocenters. The number of hydrogen-bond donors (Lipinski definition) is 1. The van der Waals surface area contributed by atoms with Crippen molar-refractivity contribution in [1.82, 2.24) is 0 Å². The molecule has 4 nitrogen and oxygen atoms in total. The maximum Gasteiger partial charge on any atom is 0.527 e. The van der Waals surface area contributed by atoms with Gasteiger partial charge in [0.1, 0.15) is 5.75 Å². The van der Waals surface area contributed by atoms with Crippen molar-refractivity contribution in [2.24, 2.45) is 0 Å². The van der Waals surface area contributed by atoms with E-state index in [0.29, 0.717) is 0 Å². The van der Waals surface area contributed by atoms with Crippen molar-refractivity contribution in [2.75, 3.05) is 0 Å². The molecule has 0 heterocycles. The Morgan fingerprint density at radius 3 is 2.71 bits per heavy atom. The minimum atomic E-state index is -5.14. The van der Waals surface area contributed by atoms with Crippen molar-refractivity contribution in [2.45, 2.75) is 19.8 Å². The highest BCUT2D eigenvalue weighted by Gasteiger charge is 2.24. The van der Waals surface area contributed by atoms with E-state index in [1.54, 1.807) is 6.07 Å². The largest absolute Gasteiger partial charge is 0.527 e. The minimum Gasteiger partial charge on any atom is -0.404 e. The van der Waals surface area contributed by atoms with Gasteiger partial charge < -0.3 is 4.52 Å². The summed E-state index contributed by atoms with van der Waals surface area (Å²) < 4.78 is 70.5. The lowest BCUT2D eigenvalue weighted by molar-refractivity contribution is 0.161. The minimum absolute atomic E-state index is 0.137. The number of phosphoric ester groups is 1. The normalized spacial score (nSPS) is 25.1. The molecule has 1 atom stereocenters. The van der Waals surface area contributed by atoms with E-state index in [0.717, 1.165) is 0 Å². The average molecular weight is 223 g/mol. The van der Waals surface area contributed by atoms with E-state index in [-0.39, 0.29) is 5.75 Å². The highest BCUT2D eigenvalue weighted by atomic mass is 31.2. The molecule has 78 valence electrons. The Morgan fingerprint density at radius 2 is 2.14 bits per heavy atom. The first-order valence-electron chi connectivity index (χ1n) is 7.07. The van der Waals surface area contributed by atoms with Crippen LogP contribution < -0.4 is 4.52 Å². The molecule has 0 aromatic heterocycles. The molecule has 1 rings (SSSR count). The summed E-state index contributed by atoms with van der Waals surface area (Å²) in [5.74, 6) is -0.137. The molecule has 14 heavy (non-hydrogen) atoms. The Kier molecular flexibility index (Phi) is 1.58. The van der Waals surface area contributed by atoms with Gasteiger partial charge in [-0.15, -0.1) is 0 Å². The zero-order valence-electron chi connectivity index (χ0n) is 14.0. The summed E-state index contributed by atoms with van der Waals surface area (Å²) in [7, 11) is -5.14. The quantitative estimate of drug-likeness (QED) is 0.797. The van der Waals surface area contributed by atoms with Crippen LogP contribution in [0.3, 0.4) is 0 Å². The van der Waals surface area contributed by atoms with Crippen LogP contribution in [0.5, 0.6) is 5.75 Å². The molecule has 5 heteroatoms. The van der Waals surface area contributed by atoms with E-state index in [2.05, 4.69) is 9.05 Å². The van der Waals surface area contributed by atoms with Crippen LogP contribution in [0, 0.1) is 0 Å². The fraction of sp³-hybridized carbons (Fsp3) is 0.333. The van der Waals surface area contributed by atoms with Gasteiger partial charge in [0.2, 0.25) is 0 Å². The summed E-state index contributed by atoms with van der Waals surface area (Å²) in [5, 5.41) is 0. The zero-order chi connectivity index (χ0) is 16.5. The zero-order valence-corrected chi connectivity index (χ0v) is 7.90. The van der Waals surface area contributed by atoms with Crippen LogP contribution in [0.25, 0.3) is 0 Å². The Balaban J connectivity index is 3.06. The van der Waals surface area contributed by atoms with Gasteiger partial charge in [0.25, 0.3) is 0 Å². The SMILES string of the molecule is [2H]C([2H])([2H])C([2H])(OP(=O)(O)Oc1ccccc1)C([2H])([2H])[2H]. The van der Waals surface area contributed by atoms with E-state index < -0.39 is 27.6 Å². The molecule has 0 spiro atoms. The Bertz CT molecular complexity index is 513. The maximum absolute atomic E-state index is 11.8. The van der Waals surface area contributed by atoms with Crippen LogP contribution in [-0.2, 0) is 9.09 Å². The molecule has 0 bridgehead atoms. The molecule has 0 saturated carbocycles. The summed E-state index contributed by atoms with van der Waals surface area (Å²) >= 11 is 0. The number of hydrogen-bond acceptors (Lipinski definition) is 3. The predicted molar refractivity (Wildman–Crippen MR) is 53.1 cm³/mol. The molecule has 1 aromatic carbocycles. The predicted octanol–water partition coefficient (Wildman–Crippen LogP) is 2.59. The van der Waals surface area contributed by atoms with Gasteiger partial charge in [-0.2, -0.15) is 0 Å². The van der Waals surface area contributed by atoms with Gasteiger partial charge in [-0.1, -0.05) is 18.2 Å². The molecule has 0 aliphatic carbocycles. The van der Waals surface area contributed by atoms with Crippen LogP contribution in [0.2, 0.25) is 0 Å². The monoisotopic (exact) mass is 223 g/mol. The smallest absolute Gasteiger partial charge is 0.404 e. The summed E-state index contributed by atoms with van der Waals surface area (Å²) in [5.41, 5.74) is 0. The summed E-state index contributed by atoms with van der Waals surface area (Å²) in [4.78, 5) is 9.52. The second-order valence-electron chi connectivity index (χ2n) is 2.29. The third kappa shape index (κ3) is 3.92. The molecule has 0 fully saturated rings. The summed E-state index contributed by atoms with van der Waals surface area (Å²) in [6.45, 7) is -6.98. The van der Waals surface area contributed by atoms with Crippen LogP contribution >= 0.6 is 7.82 Å². The van der Waals surface area contributed by atoms with Gasteiger partial charge in [0, 0.05) is 8.22 Å². The van der Waals surface area contributed by atoms with E-state index in [1.165, 1.54) is 24.3 Å². The van der Waals surface area contributed by atoms with Gasteiger partial charge in [-0.25, -0.2) is 4.57 Å². The fourth-order valence-corrected chi connectivity index (χ4v) is 1.40. The van der Waals surface area contributed by atoms with Crippen LogP contribution in [0.15, 0.2) is 30.3 Å². The lowest BCUT2D eigenvalue weighted by atomic mass is 10.3. The number of phosphoric acid groups is 1. The molecule has 0 aliphatic rings. The first kappa shape index (κ1) is 4.79. The van der Waals surface area contributed by atoms with Crippen molar-refractivity contribution in [1.29, 1.82) is 0 Å².